The summed E-state index contributed by atoms with van der Waals surface area (Å²) in [6, 6.07) is 42.1. The van der Waals surface area contributed by atoms with Crippen LogP contribution in [0, 0.1) is 0 Å². The molecule has 0 unspecified atom stereocenters. The van der Waals surface area contributed by atoms with Crippen molar-refractivity contribution < 1.29 is 72.0 Å². The van der Waals surface area contributed by atoms with Crippen LogP contribution in [0.4, 0.5) is 17.1 Å². The quantitative estimate of drug-likeness (QED) is 0.0267. The number of aliphatic hydroxyl groups excluding tert-OH is 2. The molecular weight excluding hydrogens is 967 g/mol. The highest BCUT2D eigenvalue weighted by molar-refractivity contribution is 6.05. The van der Waals surface area contributed by atoms with Crippen LogP contribution in [-0.4, -0.2) is 136 Å². The number of methoxy groups -OCH3 is 4. The molecule has 0 saturated heterocycles. The van der Waals surface area contributed by atoms with Gasteiger partial charge in [0.25, 0.3) is 17.7 Å². The molecule has 6 rings (SSSR count). The largest absolute Gasteiger partial charge is 0.494 e. The smallest absolute Gasteiger partial charge is 0.255 e. The third-order valence-corrected chi connectivity index (χ3v) is 10.0. The van der Waals surface area contributed by atoms with Gasteiger partial charge in [-0.15, -0.1) is 0 Å². The predicted octanol–water partition coefficient (Wildman–Crippen LogP) is 8.44. The van der Waals surface area contributed by atoms with Gasteiger partial charge in [0, 0.05) is 88.2 Å². The number of benzene rings is 6. The monoisotopic (exact) mass is 1040 g/mol. The Hall–Kier alpha value is -7.71. The van der Waals surface area contributed by atoms with E-state index in [-0.39, 0.29) is 44.1 Å². The van der Waals surface area contributed by atoms with Gasteiger partial charge in [0.05, 0.1) is 39.6 Å². The summed E-state index contributed by atoms with van der Waals surface area (Å²) >= 11 is 0. The van der Waals surface area contributed by atoms with Crippen LogP contribution >= 0.6 is 0 Å². The predicted molar refractivity (Wildman–Crippen MR) is 286 cm³/mol. The van der Waals surface area contributed by atoms with Crippen molar-refractivity contribution in [3.8, 4) is 34.5 Å². The Morgan fingerprint density at radius 2 is 0.533 bits per heavy atom. The Morgan fingerprint density at radius 1 is 0.307 bits per heavy atom. The minimum atomic E-state index is -0.234. The van der Waals surface area contributed by atoms with Crippen LogP contribution in [0.25, 0.3) is 0 Å². The summed E-state index contributed by atoms with van der Waals surface area (Å²) in [7, 11) is 6.58. The van der Waals surface area contributed by atoms with E-state index in [9.17, 15) is 14.4 Å². The summed E-state index contributed by atoms with van der Waals surface area (Å²) in [6.07, 6.45) is 1.66. The van der Waals surface area contributed by atoms with E-state index in [4.69, 9.17) is 57.6 Å². The van der Waals surface area contributed by atoms with Crippen molar-refractivity contribution in [2.75, 3.05) is 124 Å². The molecule has 0 radical (unpaired) electrons. The summed E-state index contributed by atoms with van der Waals surface area (Å²) in [5, 5.41) is 25.9. The first-order valence-electron chi connectivity index (χ1n) is 24.2. The van der Waals surface area contributed by atoms with Crippen molar-refractivity contribution in [2.24, 2.45) is 0 Å². The van der Waals surface area contributed by atoms with E-state index in [1.165, 1.54) is 0 Å². The van der Waals surface area contributed by atoms with Crippen molar-refractivity contribution >= 4 is 34.8 Å². The van der Waals surface area contributed by atoms with Gasteiger partial charge in [-0.1, -0.05) is 0 Å². The molecule has 0 heterocycles. The van der Waals surface area contributed by atoms with Gasteiger partial charge < -0.3 is 73.5 Å². The average molecular weight is 1040 g/mol. The second kappa shape index (κ2) is 36.3. The number of aliphatic hydroxyl groups is 2. The summed E-state index contributed by atoms with van der Waals surface area (Å²) in [4.78, 5) is 36.7. The maximum atomic E-state index is 12.3. The van der Waals surface area contributed by atoms with Crippen LogP contribution in [-0.2, 0) is 18.9 Å². The molecule has 0 aromatic heterocycles. The Balaban J connectivity index is 0.000000244. The lowest BCUT2D eigenvalue weighted by atomic mass is 10.2. The van der Waals surface area contributed by atoms with Crippen LogP contribution in [0.1, 0.15) is 43.9 Å². The van der Waals surface area contributed by atoms with Crippen LogP contribution < -0.4 is 44.4 Å². The summed E-state index contributed by atoms with van der Waals surface area (Å²) < 4.78 is 52.4. The van der Waals surface area contributed by atoms with Crippen molar-refractivity contribution in [3.05, 3.63) is 162 Å². The number of ether oxygens (including phenoxy) is 10. The van der Waals surface area contributed by atoms with Gasteiger partial charge in [0.2, 0.25) is 0 Å². The first-order valence-corrected chi connectivity index (χ1v) is 24.2. The number of anilines is 3. The third kappa shape index (κ3) is 24.3. The number of amides is 3. The lowest BCUT2D eigenvalue weighted by Gasteiger charge is -2.09. The van der Waals surface area contributed by atoms with Crippen LogP contribution in [0.5, 0.6) is 34.5 Å². The van der Waals surface area contributed by atoms with Gasteiger partial charge in [-0.05, 0) is 146 Å². The molecule has 5 N–H and O–H groups in total. The zero-order chi connectivity index (χ0) is 53.7. The van der Waals surface area contributed by atoms with E-state index in [1.54, 1.807) is 150 Å². The van der Waals surface area contributed by atoms with Gasteiger partial charge in [-0.3, -0.25) is 14.4 Å². The number of hydrogen-bond acceptors (Lipinski definition) is 15. The number of nitrogens with one attached hydrogen (secondary N) is 3. The van der Waals surface area contributed by atoms with Crippen LogP contribution in [0.2, 0.25) is 0 Å². The minimum absolute atomic E-state index is 0.0451. The minimum Gasteiger partial charge on any atom is -0.494 e. The zero-order valence-electron chi connectivity index (χ0n) is 43.0. The van der Waals surface area contributed by atoms with E-state index in [0.717, 1.165) is 30.1 Å². The van der Waals surface area contributed by atoms with E-state index in [0.29, 0.717) is 104 Å². The lowest BCUT2D eigenvalue weighted by Crippen LogP contribution is -2.12. The highest BCUT2D eigenvalue weighted by atomic mass is 16.5. The zero-order valence-corrected chi connectivity index (χ0v) is 43.0. The van der Waals surface area contributed by atoms with E-state index < -0.39 is 0 Å². The first kappa shape index (κ1) is 59.8. The lowest BCUT2D eigenvalue weighted by molar-refractivity contribution is 0.101. The molecule has 18 nitrogen and oxygen atoms in total. The third-order valence-electron chi connectivity index (χ3n) is 10.0. The fourth-order valence-corrected chi connectivity index (χ4v) is 6.22. The van der Waals surface area contributed by atoms with E-state index in [2.05, 4.69) is 16.0 Å². The number of carbonyl (C=O) groups excluding carboxylic acids is 3. The van der Waals surface area contributed by atoms with Crippen molar-refractivity contribution in [1.29, 1.82) is 0 Å². The molecule has 0 bridgehead atoms. The SMILES string of the molecule is COCCCOc1ccc(NC(=O)c2ccc(OCCCOC)cc2)cc1.COCCOc1ccc(NC(=O)c2ccc(OCCOC)cc2)cc1.O=C(Nc1ccc(OCCO)cc1)c1ccc(OCCO)cc1. The van der Waals surface area contributed by atoms with Crippen LogP contribution in [0.15, 0.2) is 146 Å². The fraction of sp³-hybridized carbons (Fsp3) is 0.316. The molecule has 6 aromatic carbocycles. The molecule has 0 saturated carbocycles. The molecule has 0 aliphatic heterocycles. The van der Waals surface area contributed by atoms with Crippen LogP contribution in [0.3, 0.4) is 0 Å². The summed E-state index contributed by atoms with van der Waals surface area (Å²) in [5.41, 5.74) is 3.68. The Bertz CT molecular complexity index is 2480. The highest BCUT2D eigenvalue weighted by Crippen LogP contribution is 2.21. The van der Waals surface area contributed by atoms with Gasteiger partial charge in [-0.25, -0.2) is 0 Å². The van der Waals surface area contributed by atoms with Gasteiger partial charge in [-0.2, -0.15) is 0 Å². The van der Waals surface area contributed by atoms with Gasteiger partial charge in [0.1, 0.15) is 60.9 Å². The van der Waals surface area contributed by atoms with Crippen molar-refractivity contribution in [2.45, 2.75) is 12.8 Å². The van der Waals surface area contributed by atoms with Crippen molar-refractivity contribution in [3.63, 3.8) is 0 Å². The first-order chi connectivity index (χ1) is 36.7. The molecule has 75 heavy (non-hydrogen) atoms. The molecular formula is C57H69N3O15. The Labute approximate surface area is 438 Å². The molecule has 3 amide bonds. The summed E-state index contributed by atoms with van der Waals surface area (Å²) in [5.74, 6) is 3.56. The number of rotatable bonds is 30. The normalized spacial score (nSPS) is 10.3. The number of carbonyl (C=O) groups is 3. The number of hydrogen-bond donors (Lipinski definition) is 5. The van der Waals surface area contributed by atoms with Gasteiger partial charge >= 0.3 is 0 Å². The molecule has 0 atom stereocenters. The van der Waals surface area contributed by atoms with Gasteiger partial charge in [0.15, 0.2) is 0 Å². The molecule has 0 aliphatic rings. The molecule has 0 aliphatic carbocycles. The average Bonchev–Trinajstić information content (AvgIpc) is 3.44. The highest BCUT2D eigenvalue weighted by Gasteiger charge is 2.10. The Morgan fingerprint density at radius 3 is 0.773 bits per heavy atom. The molecule has 18 heteroatoms. The second-order valence-electron chi connectivity index (χ2n) is 15.7. The maximum absolute atomic E-state index is 12.3. The molecule has 402 valence electrons. The van der Waals surface area contributed by atoms with E-state index >= 15 is 0 Å². The molecule has 6 aromatic rings. The van der Waals surface area contributed by atoms with Crippen molar-refractivity contribution in [1.82, 2.24) is 0 Å². The molecule has 0 fully saturated rings. The summed E-state index contributed by atoms with van der Waals surface area (Å²) in [6.45, 7) is 4.88. The molecule has 0 spiro atoms. The standard InChI is InChI=1S/C21H27NO5.C19H23NO5.C17H19NO5/c1-24-13-3-15-26-19-9-5-17(6-10-19)21(23)22-18-7-11-20(12-8-18)27-16-4-14-25-2;1-22-11-13-24-17-7-3-15(4-8-17)19(21)20-16-5-9-18(10-6-16)25-14-12-23-2;19-9-11-22-15-5-1-13(2-6-15)17(21)18-14-3-7-16(8-4-14)23-12-10-20/h5-12H,3-4,13-16H2,1-2H3,(H,22,23);3-10H,11-14H2,1-2H3,(H,20,21);1-8,19-20H,9-12H2,(H,18,21). The Kier molecular flexibility index (Phi) is 28.9. The van der Waals surface area contributed by atoms with E-state index in [1.807, 2.05) is 24.3 Å². The second-order valence-corrected chi connectivity index (χ2v) is 15.7. The topological polar surface area (TPSA) is 220 Å². The fourth-order valence-electron chi connectivity index (χ4n) is 6.22. The maximum Gasteiger partial charge on any atom is 0.255 e.